The fourth-order valence-corrected chi connectivity index (χ4v) is 1.53. The zero-order valence-electron chi connectivity index (χ0n) is 10.5. The molecule has 0 heterocycles. The van der Waals surface area contributed by atoms with Gasteiger partial charge in [-0.15, -0.1) is 0 Å². The van der Waals surface area contributed by atoms with Crippen molar-refractivity contribution in [2.45, 2.75) is 13.3 Å². The summed E-state index contributed by atoms with van der Waals surface area (Å²) < 4.78 is 4.84. The first kappa shape index (κ1) is 13.5. The molecule has 2 N–H and O–H groups in total. The van der Waals surface area contributed by atoms with Gasteiger partial charge in [0, 0.05) is 20.2 Å². The predicted octanol–water partition coefficient (Wildman–Crippen LogP) is 1.48. The van der Waals surface area contributed by atoms with Crippen molar-refractivity contribution in [3.8, 4) is 0 Å². The van der Waals surface area contributed by atoms with Crippen LogP contribution in [0.5, 0.6) is 0 Å². The van der Waals surface area contributed by atoms with E-state index in [0.29, 0.717) is 19.7 Å². The molecule has 0 spiro atoms. The number of rotatable bonds is 6. The number of carbonyl (C=O) groups is 1. The molecule has 0 aliphatic heterocycles. The summed E-state index contributed by atoms with van der Waals surface area (Å²) in [6.07, 6.45) is 0.852. The van der Waals surface area contributed by atoms with Gasteiger partial charge in [-0.1, -0.05) is 24.3 Å². The van der Waals surface area contributed by atoms with Crippen molar-refractivity contribution in [2.24, 2.45) is 0 Å². The average molecular weight is 236 g/mol. The second kappa shape index (κ2) is 7.68. The molecule has 0 aromatic heterocycles. The quantitative estimate of drug-likeness (QED) is 0.735. The summed E-state index contributed by atoms with van der Waals surface area (Å²) in [6, 6.07) is 8.05. The number of amides is 2. The Bertz CT molecular complexity index is 353. The Balaban J connectivity index is 2.19. The molecule has 0 radical (unpaired) electrons. The summed E-state index contributed by atoms with van der Waals surface area (Å²) in [5.74, 6) is 0. The largest absolute Gasteiger partial charge is 0.383 e. The molecule has 2 amide bonds. The number of hydrogen-bond donors (Lipinski definition) is 2. The maximum absolute atomic E-state index is 11.3. The fourth-order valence-electron chi connectivity index (χ4n) is 1.53. The van der Waals surface area contributed by atoms with E-state index in [2.05, 4.69) is 29.7 Å². The van der Waals surface area contributed by atoms with E-state index >= 15 is 0 Å². The van der Waals surface area contributed by atoms with Gasteiger partial charge < -0.3 is 15.4 Å². The molecule has 0 aliphatic carbocycles. The summed E-state index contributed by atoms with van der Waals surface area (Å²) in [4.78, 5) is 11.3. The molecule has 0 aliphatic rings. The van der Waals surface area contributed by atoms with E-state index in [1.165, 1.54) is 11.1 Å². The Morgan fingerprint density at radius 3 is 2.65 bits per heavy atom. The van der Waals surface area contributed by atoms with Crippen LogP contribution in [0.1, 0.15) is 11.1 Å². The highest BCUT2D eigenvalue weighted by molar-refractivity contribution is 5.73. The van der Waals surface area contributed by atoms with Gasteiger partial charge in [-0.3, -0.25) is 0 Å². The first-order chi connectivity index (χ1) is 8.24. The first-order valence-corrected chi connectivity index (χ1v) is 5.79. The highest BCUT2D eigenvalue weighted by Gasteiger charge is 2.00. The fraction of sp³-hybridized carbons (Fsp3) is 0.462. The normalized spacial score (nSPS) is 10.0. The maximum Gasteiger partial charge on any atom is 0.314 e. The van der Waals surface area contributed by atoms with E-state index in [0.717, 1.165) is 6.42 Å². The molecule has 1 rings (SSSR count). The van der Waals surface area contributed by atoms with Crippen molar-refractivity contribution in [1.29, 1.82) is 0 Å². The van der Waals surface area contributed by atoms with Crippen molar-refractivity contribution in [1.82, 2.24) is 10.6 Å². The lowest BCUT2D eigenvalue weighted by Gasteiger charge is -2.08. The lowest BCUT2D eigenvalue weighted by molar-refractivity contribution is 0.196. The summed E-state index contributed by atoms with van der Waals surface area (Å²) >= 11 is 0. The molecule has 0 unspecified atom stereocenters. The second-order valence-corrected chi connectivity index (χ2v) is 3.85. The zero-order valence-corrected chi connectivity index (χ0v) is 10.5. The zero-order chi connectivity index (χ0) is 12.5. The van der Waals surface area contributed by atoms with Gasteiger partial charge in [0.05, 0.1) is 6.61 Å². The third-order valence-corrected chi connectivity index (χ3v) is 2.53. The molecule has 4 heteroatoms. The van der Waals surface area contributed by atoms with Gasteiger partial charge in [-0.05, 0) is 24.5 Å². The molecule has 0 fully saturated rings. The van der Waals surface area contributed by atoms with Crippen molar-refractivity contribution in [3.05, 3.63) is 35.4 Å². The third-order valence-electron chi connectivity index (χ3n) is 2.53. The van der Waals surface area contributed by atoms with Crippen molar-refractivity contribution < 1.29 is 9.53 Å². The van der Waals surface area contributed by atoms with Crippen LogP contribution >= 0.6 is 0 Å². The molecule has 17 heavy (non-hydrogen) atoms. The van der Waals surface area contributed by atoms with Gasteiger partial charge in [0.25, 0.3) is 0 Å². The number of benzene rings is 1. The summed E-state index contributed by atoms with van der Waals surface area (Å²) in [5.41, 5.74) is 2.53. The smallest absolute Gasteiger partial charge is 0.314 e. The SMILES string of the molecule is COCCNC(=O)NCCc1ccccc1C. The van der Waals surface area contributed by atoms with E-state index in [9.17, 15) is 4.79 Å². The highest BCUT2D eigenvalue weighted by Crippen LogP contribution is 2.06. The van der Waals surface area contributed by atoms with Crippen LogP contribution in [0.25, 0.3) is 0 Å². The topological polar surface area (TPSA) is 50.4 Å². The number of urea groups is 1. The monoisotopic (exact) mass is 236 g/mol. The summed E-state index contributed by atoms with van der Waals surface area (Å²) in [6.45, 7) is 3.79. The minimum absolute atomic E-state index is 0.143. The van der Waals surface area contributed by atoms with Crippen LogP contribution in [0.2, 0.25) is 0 Å². The molecule has 1 aromatic rings. The number of hydrogen-bond acceptors (Lipinski definition) is 2. The molecule has 0 atom stereocenters. The van der Waals surface area contributed by atoms with Crippen LogP contribution in [0.15, 0.2) is 24.3 Å². The van der Waals surface area contributed by atoms with E-state index in [1.807, 2.05) is 12.1 Å². The van der Waals surface area contributed by atoms with Crippen molar-refractivity contribution in [3.63, 3.8) is 0 Å². The van der Waals surface area contributed by atoms with Crippen molar-refractivity contribution >= 4 is 6.03 Å². The maximum atomic E-state index is 11.3. The summed E-state index contributed by atoms with van der Waals surface area (Å²) in [7, 11) is 1.61. The van der Waals surface area contributed by atoms with Gasteiger partial charge >= 0.3 is 6.03 Å². The minimum Gasteiger partial charge on any atom is -0.383 e. The van der Waals surface area contributed by atoms with Crippen LogP contribution in [-0.2, 0) is 11.2 Å². The lowest BCUT2D eigenvalue weighted by Crippen LogP contribution is -2.38. The Kier molecular flexibility index (Phi) is 6.10. The van der Waals surface area contributed by atoms with Gasteiger partial charge in [0.2, 0.25) is 0 Å². The van der Waals surface area contributed by atoms with Gasteiger partial charge in [0.15, 0.2) is 0 Å². The van der Waals surface area contributed by atoms with E-state index in [-0.39, 0.29) is 6.03 Å². The Morgan fingerprint density at radius 1 is 1.24 bits per heavy atom. The standard InChI is InChI=1S/C13H20N2O2/c1-11-5-3-4-6-12(11)7-8-14-13(16)15-9-10-17-2/h3-6H,7-10H2,1-2H3,(H2,14,15,16). The number of carbonyl (C=O) groups excluding carboxylic acids is 1. The molecule has 94 valence electrons. The molecular formula is C13H20N2O2. The van der Waals surface area contributed by atoms with Crippen LogP contribution < -0.4 is 10.6 Å². The van der Waals surface area contributed by atoms with Crippen LogP contribution in [0, 0.1) is 6.92 Å². The predicted molar refractivity (Wildman–Crippen MR) is 68.2 cm³/mol. The second-order valence-electron chi connectivity index (χ2n) is 3.85. The molecular weight excluding hydrogens is 216 g/mol. The van der Waals surface area contributed by atoms with Gasteiger partial charge in [0.1, 0.15) is 0 Å². The van der Waals surface area contributed by atoms with Crippen LogP contribution in [0.4, 0.5) is 4.79 Å². The first-order valence-electron chi connectivity index (χ1n) is 5.79. The van der Waals surface area contributed by atoms with Gasteiger partial charge in [-0.25, -0.2) is 4.79 Å². The third kappa shape index (κ3) is 5.36. The minimum atomic E-state index is -0.143. The molecule has 4 nitrogen and oxygen atoms in total. The lowest BCUT2D eigenvalue weighted by atomic mass is 10.1. The molecule has 1 aromatic carbocycles. The number of aryl methyl sites for hydroxylation is 1. The highest BCUT2D eigenvalue weighted by atomic mass is 16.5. The number of nitrogens with one attached hydrogen (secondary N) is 2. The molecule has 0 saturated heterocycles. The Morgan fingerprint density at radius 2 is 1.94 bits per heavy atom. The summed E-state index contributed by atoms with van der Waals surface area (Å²) in [5, 5.41) is 5.52. The number of methoxy groups -OCH3 is 1. The average Bonchev–Trinajstić information content (AvgIpc) is 2.32. The van der Waals surface area contributed by atoms with Gasteiger partial charge in [-0.2, -0.15) is 0 Å². The van der Waals surface area contributed by atoms with E-state index in [1.54, 1.807) is 7.11 Å². The Labute approximate surface area is 102 Å². The van der Waals surface area contributed by atoms with Crippen molar-refractivity contribution in [2.75, 3.05) is 26.8 Å². The number of ether oxygens (including phenoxy) is 1. The van der Waals surface area contributed by atoms with Crippen LogP contribution in [0.3, 0.4) is 0 Å². The molecule has 0 bridgehead atoms. The van der Waals surface area contributed by atoms with E-state index < -0.39 is 0 Å². The Hall–Kier alpha value is -1.55. The van der Waals surface area contributed by atoms with Crippen LogP contribution in [-0.4, -0.2) is 32.8 Å². The van der Waals surface area contributed by atoms with E-state index in [4.69, 9.17) is 4.74 Å². The molecule has 0 saturated carbocycles.